The first-order valence-corrected chi connectivity index (χ1v) is 10.2. The average molecular weight is 429 g/mol. The number of imide groups is 1. The van der Waals surface area contributed by atoms with Crippen molar-refractivity contribution < 1.29 is 14.4 Å². The molecular formula is C22H15N5O3S. The smallest absolute Gasteiger partial charge is 0.291 e. The Morgan fingerprint density at radius 1 is 1.10 bits per heavy atom. The number of hydrazine groups is 1. The van der Waals surface area contributed by atoms with Gasteiger partial charge in [-0.3, -0.25) is 24.8 Å². The molecule has 0 unspecified atom stereocenters. The second kappa shape index (κ2) is 7.29. The lowest BCUT2D eigenvalue weighted by atomic mass is 10.00. The number of benzene rings is 1. The number of aromatic nitrogens is 2. The molecule has 1 aliphatic rings. The molecule has 5 rings (SSSR count). The minimum absolute atomic E-state index is 0.151. The fourth-order valence-electron chi connectivity index (χ4n) is 3.50. The Morgan fingerprint density at radius 3 is 2.55 bits per heavy atom. The van der Waals surface area contributed by atoms with Gasteiger partial charge >= 0.3 is 0 Å². The molecule has 0 bridgehead atoms. The van der Waals surface area contributed by atoms with E-state index in [9.17, 15) is 14.4 Å². The van der Waals surface area contributed by atoms with Crippen LogP contribution in [-0.4, -0.2) is 32.7 Å². The summed E-state index contributed by atoms with van der Waals surface area (Å²) in [7, 11) is 0. The number of anilines is 1. The molecule has 4 aromatic rings. The monoisotopic (exact) mass is 429 g/mol. The minimum Gasteiger partial charge on any atom is -0.397 e. The predicted octanol–water partition coefficient (Wildman–Crippen LogP) is 3.01. The van der Waals surface area contributed by atoms with E-state index < -0.39 is 17.7 Å². The molecule has 1 aromatic carbocycles. The standard InChI is InChI=1S/C22H15N5O3S/c23-19-18-14(12-5-2-1-3-6-12)9-15(13-7-4-8-24-11-13)25-21(18)31-20(19)22(30)27-17(29)10-16(28)26-27/h1-9,11H,10,23H2,(H,26,28). The van der Waals surface area contributed by atoms with Crippen molar-refractivity contribution in [2.45, 2.75) is 6.42 Å². The van der Waals surface area contributed by atoms with Gasteiger partial charge in [0.1, 0.15) is 16.1 Å². The number of nitrogen functional groups attached to an aromatic ring is 1. The lowest BCUT2D eigenvalue weighted by molar-refractivity contribution is -0.126. The average Bonchev–Trinajstić information content (AvgIpc) is 3.32. The second-order valence-corrected chi connectivity index (χ2v) is 7.93. The van der Waals surface area contributed by atoms with Crippen LogP contribution in [0.1, 0.15) is 16.1 Å². The number of hydrogen-bond donors (Lipinski definition) is 2. The number of amides is 3. The molecule has 0 spiro atoms. The van der Waals surface area contributed by atoms with Crippen LogP contribution < -0.4 is 11.2 Å². The lowest BCUT2D eigenvalue weighted by Crippen LogP contribution is -2.41. The van der Waals surface area contributed by atoms with E-state index in [-0.39, 0.29) is 17.0 Å². The predicted molar refractivity (Wildman–Crippen MR) is 117 cm³/mol. The molecule has 9 heteroatoms. The number of thiophene rings is 1. The summed E-state index contributed by atoms with van der Waals surface area (Å²) in [5.41, 5.74) is 12.1. The van der Waals surface area contributed by atoms with E-state index >= 15 is 0 Å². The van der Waals surface area contributed by atoms with Crippen molar-refractivity contribution >= 4 is 45.0 Å². The van der Waals surface area contributed by atoms with Gasteiger partial charge in [-0.1, -0.05) is 30.3 Å². The number of fused-ring (bicyclic) bond motifs is 1. The molecule has 8 nitrogen and oxygen atoms in total. The molecule has 1 fully saturated rings. The Morgan fingerprint density at radius 2 is 1.87 bits per heavy atom. The molecule has 4 heterocycles. The molecular weight excluding hydrogens is 414 g/mol. The van der Waals surface area contributed by atoms with Crippen molar-refractivity contribution in [3.05, 3.63) is 65.8 Å². The van der Waals surface area contributed by atoms with E-state index in [1.165, 1.54) is 0 Å². The lowest BCUT2D eigenvalue weighted by Gasteiger charge is -2.12. The van der Waals surface area contributed by atoms with Gasteiger partial charge in [-0.05, 0) is 29.3 Å². The molecule has 0 atom stereocenters. The Labute approximate surface area is 180 Å². The van der Waals surface area contributed by atoms with Gasteiger partial charge in [0.2, 0.25) is 5.91 Å². The summed E-state index contributed by atoms with van der Waals surface area (Å²) < 4.78 is 0. The summed E-state index contributed by atoms with van der Waals surface area (Å²) in [6, 6.07) is 15.3. The van der Waals surface area contributed by atoms with Crippen molar-refractivity contribution in [3.63, 3.8) is 0 Å². The third-order valence-corrected chi connectivity index (χ3v) is 6.02. The topological polar surface area (TPSA) is 118 Å². The zero-order valence-corrected chi connectivity index (χ0v) is 16.8. The fraction of sp³-hybridized carbons (Fsp3) is 0.0455. The highest BCUT2D eigenvalue weighted by Crippen LogP contribution is 2.41. The van der Waals surface area contributed by atoms with Gasteiger partial charge < -0.3 is 5.73 Å². The van der Waals surface area contributed by atoms with E-state index in [4.69, 9.17) is 10.7 Å². The van der Waals surface area contributed by atoms with Crippen molar-refractivity contribution in [1.29, 1.82) is 0 Å². The van der Waals surface area contributed by atoms with E-state index in [1.54, 1.807) is 12.4 Å². The molecule has 0 radical (unpaired) electrons. The Balaban J connectivity index is 1.73. The summed E-state index contributed by atoms with van der Waals surface area (Å²) in [5.74, 6) is -1.81. The van der Waals surface area contributed by atoms with Crippen LogP contribution in [0, 0.1) is 0 Å². The summed E-state index contributed by atoms with van der Waals surface area (Å²) in [6.07, 6.45) is 3.03. The SMILES string of the molecule is Nc1c(C(=O)N2NC(=O)CC2=O)sc2nc(-c3cccnc3)cc(-c3ccccc3)c12. The van der Waals surface area contributed by atoms with Gasteiger partial charge in [0, 0.05) is 23.3 Å². The molecule has 3 amide bonds. The highest BCUT2D eigenvalue weighted by atomic mass is 32.1. The molecule has 1 saturated heterocycles. The van der Waals surface area contributed by atoms with E-state index in [1.807, 2.05) is 48.5 Å². The molecule has 3 aromatic heterocycles. The first kappa shape index (κ1) is 18.9. The number of hydrogen-bond acceptors (Lipinski definition) is 7. The molecule has 0 aliphatic carbocycles. The maximum absolute atomic E-state index is 13.0. The van der Waals surface area contributed by atoms with Crippen LogP contribution in [0.25, 0.3) is 32.6 Å². The first-order valence-electron chi connectivity index (χ1n) is 9.38. The number of rotatable bonds is 3. The van der Waals surface area contributed by atoms with Crippen LogP contribution in [0.3, 0.4) is 0 Å². The quantitative estimate of drug-likeness (QED) is 0.382. The number of nitrogens with zero attached hydrogens (tertiary/aromatic N) is 3. The van der Waals surface area contributed by atoms with E-state index in [0.29, 0.717) is 20.9 Å². The largest absolute Gasteiger partial charge is 0.397 e. The molecule has 0 saturated carbocycles. The number of pyridine rings is 2. The molecule has 3 N–H and O–H groups in total. The van der Waals surface area contributed by atoms with Gasteiger partial charge in [-0.25, -0.2) is 4.98 Å². The minimum atomic E-state index is -0.668. The second-order valence-electron chi connectivity index (χ2n) is 6.93. The number of carbonyl (C=O) groups is 3. The van der Waals surface area contributed by atoms with Crippen molar-refractivity contribution in [1.82, 2.24) is 20.4 Å². The number of nitrogens with two attached hydrogens (primary N) is 1. The van der Waals surface area contributed by atoms with Crippen molar-refractivity contribution in [2.75, 3.05) is 5.73 Å². The molecule has 1 aliphatic heterocycles. The number of carbonyl (C=O) groups excluding carboxylic acids is 3. The van der Waals surface area contributed by atoms with Crippen LogP contribution in [0.2, 0.25) is 0 Å². The summed E-state index contributed by atoms with van der Waals surface area (Å²) >= 11 is 1.09. The van der Waals surface area contributed by atoms with Crippen molar-refractivity contribution in [3.8, 4) is 22.4 Å². The van der Waals surface area contributed by atoms with Crippen LogP contribution in [0.15, 0.2) is 60.9 Å². The maximum atomic E-state index is 13.0. The van der Waals surface area contributed by atoms with Crippen LogP contribution in [0.5, 0.6) is 0 Å². The van der Waals surface area contributed by atoms with Gasteiger partial charge in [-0.15, -0.1) is 11.3 Å². The third kappa shape index (κ3) is 3.21. The maximum Gasteiger partial charge on any atom is 0.291 e. The highest BCUT2D eigenvalue weighted by molar-refractivity contribution is 7.21. The van der Waals surface area contributed by atoms with Gasteiger partial charge in [0.05, 0.1) is 11.4 Å². The third-order valence-electron chi connectivity index (χ3n) is 4.94. The van der Waals surface area contributed by atoms with E-state index in [2.05, 4.69) is 10.4 Å². The summed E-state index contributed by atoms with van der Waals surface area (Å²) in [5, 5.41) is 1.35. The zero-order valence-electron chi connectivity index (χ0n) is 16.0. The normalized spacial score (nSPS) is 13.6. The first-order chi connectivity index (χ1) is 15.0. The van der Waals surface area contributed by atoms with Crippen molar-refractivity contribution in [2.24, 2.45) is 0 Å². The van der Waals surface area contributed by atoms with E-state index in [0.717, 1.165) is 28.0 Å². The Bertz CT molecular complexity index is 1350. The summed E-state index contributed by atoms with van der Waals surface area (Å²) in [6.45, 7) is 0. The Hall–Kier alpha value is -4.11. The van der Waals surface area contributed by atoms with Crippen LogP contribution >= 0.6 is 11.3 Å². The Kier molecular flexibility index (Phi) is 4.45. The van der Waals surface area contributed by atoms with Gasteiger partial charge in [0.25, 0.3) is 11.8 Å². The highest BCUT2D eigenvalue weighted by Gasteiger charge is 2.35. The number of nitrogens with one attached hydrogen (secondary N) is 1. The molecule has 31 heavy (non-hydrogen) atoms. The fourth-order valence-corrected chi connectivity index (χ4v) is 4.55. The summed E-state index contributed by atoms with van der Waals surface area (Å²) in [4.78, 5) is 46.1. The zero-order chi connectivity index (χ0) is 21.5. The molecule has 152 valence electrons. The van der Waals surface area contributed by atoms with Gasteiger partial charge in [-0.2, -0.15) is 5.01 Å². The van der Waals surface area contributed by atoms with Gasteiger partial charge in [0.15, 0.2) is 0 Å². The van der Waals surface area contributed by atoms with Crippen LogP contribution in [0.4, 0.5) is 5.69 Å². The van der Waals surface area contributed by atoms with Crippen LogP contribution in [-0.2, 0) is 9.59 Å².